The smallest absolute Gasteiger partial charge is 0.122 e. The van der Waals surface area contributed by atoms with E-state index in [9.17, 15) is 0 Å². The van der Waals surface area contributed by atoms with E-state index in [2.05, 4.69) is 31.3 Å². The molecule has 0 aliphatic rings. The van der Waals surface area contributed by atoms with Crippen molar-refractivity contribution >= 4 is 0 Å². The van der Waals surface area contributed by atoms with Gasteiger partial charge in [0.25, 0.3) is 0 Å². The van der Waals surface area contributed by atoms with Gasteiger partial charge in [0.15, 0.2) is 0 Å². The number of nitrogens with two attached hydrogens (primary N) is 1. The van der Waals surface area contributed by atoms with Gasteiger partial charge in [0.1, 0.15) is 5.75 Å². The molecule has 0 aliphatic heterocycles. The third kappa shape index (κ3) is 5.52. The van der Waals surface area contributed by atoms with E-state index in [0.717, 1.165) is 38.1 Å². The molecule has 1 aromatic carbocycles. The zero-order valence-corrected chi connectivity index (χ0v) is 11.8. The van der Waals surface area contributed by atoms with Gasteiger partial charge in [-0.05, 0) is 57.8 Å². The van der Waals surface area contributed by atoms with Crippen LogP contribution in [0.25, 0.3) is 0 Å². The predicted octanol–water partition coefficient (Wildman–Crippen LogP) is 2.26. The van der Waals surface area contributed by atoms with E-state index in [4.69, 9.17) is 10.5 Å². The first-order valence-electron chi connectivity index (χ1n) is 6.73. The predicted molar refractivity (Wildman–Crippen MR) is 77.2 cm³/mol. The van der Waals surface area contributed by atoms with Gasteiger partial charge in [-0.25, -0.2) is 0 Å². The minimum atomic E-state index is 0.309. The molecular formula is C15H26N2O. The number of hydrogen-bond donors (Lipinski definition) is 2. The van der Waals surface area contributed by atoms with Gasteiger partial charge in [-0.2, -0.15) is 0 Å². The molecule has 0 amide bonds. The van der Waals surface area contributed by atoms with E-state index in [1.54, 1.807) is 7.11 Å². The van der Waals surface area contributed by atoms with Crippen molar-refractivity contribution in [2.75, 3.05) is 20.2 Å². The first-order valence-corrected chi connectivity index (χ1v) is 6.73. The lowest BCUT2D eigenvalue weighted by atomic mass is 10.1. The number of nitrogens with one attached hydrogen (secondary N) is 1. The maximum absolute atomic E-state index is 5.71. The molecule has 3 heteroatoms. The zero-order valence-electron chi connectivity index (χ0n) is 11.8. The van der Waals surface area contributed by atoms with E-state index in [1.165, 1.54) is 11.1 Å². The van der Waals surface area contributed by atoms with Gasteiger partial charge < -0.3 is 15.8 Å². The van der Waals surface area contributed by atoms with Gasteiger partial charge in [0.2, 0.25) is 0 Å². The fraction of sp³-hybridized carbons (Fsp3) is 0.600. The van der Waals surface area contributed by atoms with Crippen LogP contribution in [0.4, 0.5) is 0 Å². The Kier molecular flexibility index (Phi) is 6.76. The molecule has 1 unspecified atom stereocenters. The van der Waals surface area contributed by atoms with E-state index in [0.29, 0.717) is 6.04 Å². The summed E-state index contributed by atoms with van der Waals surface area (Å²) in [5.41, 5.74) is 8.26. The SMILES string of the molecule is COc1ccc(C)cc1CCNCCCC(C)N. The second-order valence-electron chi connectivity index (χ2n) is 4.93. The molecular weight excluding hydrogens is 224 g/mol. The molecule has 0 aliphatic carbocycles. The second-order valence-corrected chi connectivity index (χ2v) is 4.93. The molecule has 1 aromatic rings. The Hall–Kier alpha value is -1.06. The third-order valence-electron chi connectivity index (χ3n) is 3.02. The molecule has 18 heavy (non-hydrogen) atoms. The molecule has 1 atom stereocenters. The van der Waals surface area contributed by atoms with Gasteiger partial charge in [-0.1, -0.05) is 17.7 Å². The van der Waals surface area contributed by atoms with Crippen molar-refractivity contribution in [3.05, 3.63) is 29.3 Å². The van der Waals surface area contributed by atoms with Gasteiger partial charge in [0.05, 0.1) is 7.11 Å². The normalized spacial score (nSPS) is 12.4. The van der Waals surface area contributed by atoms with Crippen molar-refractivity contribution in [2.45, 2.75) is 39.2 Å². The van der Waals surface area contributed by atoms with Gasteiger partial charge >= 0.3 is 0 Å². The van der Waals surface area contributed by atoms with Crippen LogP contribution in [-0.2, 0) is 6.42 Å². The Morgan fingerprint density at radius 1 is 1.33 bits per heavy atom. The molecule has 0 saturated heterocycles. The number of ether oxygens (including phenoxy) is 1. The third-order valence-corrected chi connectivity index (χ3v) is 3.02. The number of hydrogen-bond acceptors (Lipinski definition) is 3. The van der Waals surface area contributed by atoms with Crippen LogP contribution in [0.5, 0.6) is 5.75 Å². The van der Waals surface area contributed by atoms with Crippen LogP contribution < -0.4 is 15.8 Å². The standard InChI is InChI=1S/C15H26N2O/c1-12-6-7-15(18-3)14(11-12)8-10-17-9-4-5-13(2)16/h6-7,11,13,17H,4-5,8-10,16H2,1-3H3. The van der Waals surface area contributed by atoms with Gasteiger partial charge in [-0.3, -0.25) is 0 Å². The molecule has 0 heterocycles. The molecule has 0 bridgehead atoms. The number of benzene rings is 1. The second kappa shape index (κ2) is 8.11. The largest absolute Gasteiger partial charge is 0.496 e. The van der Waals surface area contributed by atoms with E-state index in [1.807, 2.05) is 6.07 Å². The molecule has 0 aromatic heterocycles. The van der Waals surface area contributed by atoms with Crippen molar-refractivity contribution in [1.82, 2.24) is 5.32 Å². The summed E-state index contributed by atoms with van der Waals surface area (Å²) in [5, 5.41) is 3.45. The lowest BCUT2D eigenvalue weighted by Crippen LogP contribution is -2.22. The van der Waals surface area contributed by atoms with Gasteiger partial charge in [-0.15, -0.1) is 0 Å². The zero-order chi connectivity index (χ0) is 13.4. The maximum Gasteiger partial charge on any atom is 0.122 e. The fourth-order valence-corrected chi connectivity index (χ4v) is 2.00. The minimum Gasteiger partial charge on any atom is -0.496 e. The van der Waals surface area contributed by atoms with E-state index in [-0.39, 0.29) is 0 Å². The average Bonchev–Trinajstić information content (AvgIpc) is 2.33. The molecule has 3 N–H and O–H groups in total. The molecule has 0 saturated carbocycles. The highest BCUT2D eigenvalue weighted by molar-refractivity contribution is 5.37. The van der Waals surface area contributed by atoms with Crippen molar-refractivity contribution in [2.24, 2.45) is 5.73 Å². The summed E-state index contributed by atoms with van der Waals surface area (Å²) in [7, 11) is 1.73. The summed E-state index contributed by atoms with van der Waals surface area (Å²) >= 11 is 0. The summed E-state index contributed by atoms with van der Waals surface area (Å²) in [4.78, 5) is 0. The summed E-state index contributed by atoms with van der Waals surface area (Å²) < 4.78 is 5.37. The molecule has 102 valence electrons. The Morgan fingerprint density at radius 3 is 2.78 bits per heavy atom. The molecule has 3 nitrogen and oxygen atoms in total. The lowest BCUT2D eigenvalue weighted by molar-refractivity contribution is 0.409. The minimum absolute atomic E-state index is 0.309. The van der Waals surface area contributed by atoms with Crippen LogP contribution in [0, 0.1) is 6.92 Å². The van der Waals surface area contributed by atoms with Crippen LogP contribution in [0.2, 0.25) is 0 Å². The first-order chi connectivity index (χ1) is 8.63. The first kappa shape index (κ1) is 15.0. The summed E-state index contributed by atoms with van der Waals surface area (Å²) in [5.74, 6) is 0.984. The Labute approximate surface area is 111 Å². The summed E-state index contributed by atoms with van der Waals surface area (Å²) in [6.45, 7) is 6.19. The molecule has 0 radical (unpaired) electrons. The highest BCUT2D eigenvalue weighted by Gasteiger charge is 2.02. The number of methoxy groups -OCH3 is 1. The average molecular weight is 250 g/mol. The maximum atomic E-state index is 5.71. The topological polar surface area (TPSA) is 47.3 Å². The molecule has 1 rings (SSSR count). The highest BCUT2D eigenvalue weighted by atomic mass is 16.5. The highest BCUT2D eigenvalue weighted by Crippen LogP contribution is 2.19. The number of rotatable bonds is 8. The van der Waals surface area contributed by atoms with Gasteiger partial charge in [0, 0.05) is 6.04 Å². The van der Waals surface area contributed by atoms with Crippen molar-refractivity contribution in [3.8, 4) is 5.75 Å². The van der Waals surface area contributed by atoms with E-state index < -0.39 is 0 Å². The fourth-order valence-electron chi connectivity index (χ4n) is 2.00. The van der Waals surface area contributed by atoms with Crippen LogP contribution in [0.15, 0.2) is 18.2 Å². The Bertz CT molecular complexity index is 350. The Morgan fingerprint density at radius 2 is 2.11 bits per heavy atom. The summed E-state index contributed by atoms with van der Waals surface area (Å²) in [6, 6.07) is 6.63. The van der Waals surface area contributed by atoms with Crippen LogP contribution in [-0.4, -0.2) is 26.2 Å². The quantitative estimate of drug-likeness (QED) is 0.696. The van der Waals surface area contributed by atoms with Crippen molar-refractivity contribution in [1.29, 1.82) is 0 Å². The lowest BCUT2D eigenvalue weighted by Gasteiger charge is -2.10. The molecule has 0 fully saturated rings. The van der Waals surface area contributed by atoms with Crippen LogP contribution >= 0.6 is 0 Å². The van der Waals surface area contributed by atoms with Crippen molar-refractivity contribution < 1.29 is 4.74 Å². The number of aryl methyl sites for hydroxylation is 1. The van der Waals surface area contributed by atoms with Crippen molar-refractivity contribution in [3.63, 3.8) is 0 Å². The molecule has 0 spiro atoms. The summed E-state index contributed by atoms with van der Waals surface area (Å²) in [6.07, 6.45) is 3.23. The van der Waals surface area contributed by atoms with Crippen LogP contribution in [0.1, 0.15) is 30.9 Å². The van der Waals surface area contributed by atoms with Crippen LogP contribution in [0.3, 0.4) is 0 Å². The monoisotopic (exact) mass is 250 g/mol. The van der Waals surface area contributed by atoms with E-state index >= 15 is 0 Å². The Balaban J connectivity index is 2.28.